The van der Waals surface area contributed by atoms with Gasteiger partial charge in [0.1, 0.15) is 5.82 Å². The first-order valence-electron chi connectivity index (χ1n) is 8.79. The molecule has 2 N–H and O–H groups in total. The number of fused-ring (bicyclic) bond motifs is 1. The van der Waals surface area contributed by atoms with Crippen molar-refractivity contribution in [2.45, 2.75) is 25.8 Å². The van der Waals surface area contributed by atoms with Crippen molar-refractivity contribution in [3.63, 3.8) is 0 Å². The van der Waals surface area contributed by atoms with Crippen molar-refractivity contribution in [2.75, 3.05) is 13.6 Å². The van der Waals surface area contributed by atoms with Crippen molar-refractivity contribution in [1.29, 1.82) is 0 Å². The van der Waals surface area contributed by atoms with Crippen LogP contribution in [0.4, 0.5) is 0 Å². The maximum atomic E-state index is 6.10. The highest BCUT2D eigenvalue weighted by Crippen LogP contribution is 2.25. The van der Waals surface area contributed by atoms with Crippen LogP contribution in [0, 0.1) is 0 Å². The smallest absolute Gasteiger partial charge is 0.191 e. The number of nitrogens with zero attached hydrogens (tertiary/aromatic N) is 4. The van der Waals surface area contributed by atoms with Gasteiger partial charge >= 0.3 is 0 Å². The maximum absolute atomic E-state index is 6.10. The highest BCUT2D eigenvalue weighted by molar-refractivity contribution is 14.0. The molecule has 28 heavy (non-hydrogen) atoms. The summed E-state index contributed by atoms with van der Waals surface area (Å²) in [6.45, 7) is 2.82. The quantitative estimate of drug-likeness (QED) is 0.212. The lowest BCUT2D eigenvalue weighted by molar-refractivity contribution is 0.667. The van der Waals surface area contributed by atoms with Gasteiger partial charge in [-0.2, -0.15) is 0 Å². The lowest BCUT2D eigenvalue weighted by Gasteiger charge is -2.18. The molecule has 0 fully saturated rings. The van der Waals surface area contributed by atoms with E-state index in [0.717, 1.165) is 42.4 Å². The minimum atomic E-state index is 0. The van der Waals surface area contributed by atoms with Gasteiger partial charge in [0.05, 0.1) is 16.1 Å². The molecule has 0 saturated carbocycles. The van der Waals surface area contributed by atoms with Crippen molar-refractivity contribution in [3.8, 4) is 0 Å². The van der Waals surface area contributed by atoms with E-state index in [2.05, 4.69) is 32.7 Å². The third-order valence-corrected chi connectivity index (χ3v) is 5.01. The highest BCUT2D eigenvalue weighted by atomic mass is 127. The second-order valence-corrected chi connectivity index (χ2v) is 7.00. The molecule has 0 aliphatic carbocycles. The lowest BCUT2D eigenvalue weighted by atomic mass is 10.1. The fraction of sp³-hybridized carbons (Fsp3) is 0.316. The summed E-state index contributed by atoms with van der Waals surface area (Å²) >= 11 is 12.1. The van der Waals surface area contributed by atoms with Crippen LogP contribution in [0.3, 0.4) is 0 Å². The Labute approximate surface area is 191 Å². The largest absolute Gasteiger partial charge is 0.356 e. The Morgan fingerprint density at radius 3 is 2.75 bits per heavy atom. The molecule has 0 radical (unpaired) electrons. The van der Waals surface area contributed by atoms with E-state index in [1.165, 1.54) is 0 Å². The molecule has 0 bridgehead atoms. The summed E-state index contributed by atoms with van der Waals surface area (Å²) in [6.07, 6.45) is 3.73. The van der Waals surface area contributed by atoms with E-state index in [4.69, 9.17) is 23.2 Å². The molecule has 0 aliphatic heterocycles. The average molecular weight is 533 g/mol. The van der Waals surface area contributed by atoms with Gasteiger partial charge in [-0.3, -0.25) is 9.39 Å². The zero-order valence-electron chi connectivity index (χ0n) is 15.7. The van der Waals surface area contributed by atoms with Gasteiger partial charge in [0.25, 0.3) is 0 Å². The number of nitrogens with one attached hydrogen (secondary N) is 2. The average Bonchev–Trinajstić information content (AvgIpc) is 3.09. The van der Waals surface area contributed by atoms with E-state index in [9.17, 15) is 0 Å². The monoisotopic (exact) mass is 532 g/mol. The molecule has 0 spiro atoms. The number of hydrogen-bond acceptors (Lipinski definition) is 3. The molecule has 1 aromatic carbocycles. The van der Waals surface area contributed by atoms with Crippen LogP contribution in [-0.4, -0.2) is 34.2 Å². The summed E-state index contributed by atoms with van der Waals surface area (Å²) in [4.78, 5) is 4.28. The number of benzene rings is 1. The Kier molecular flexibility index (Phi) is 8.78. The third kappa shape index (κ3) is 5.71. The molecule has 3 rings (SSSR count). The molecule has 150 valence electrons. The van der Waals surface area contributed by atoms with Crippen LogP contribution in [0.15, 0.2) is 47.6 Å². The Balaban J connectivity index is 0.00000280. The van der Waals surface area contributed by atoms with Crippen molar-refractivity contribution >= 4 is 58.8 Å². The molecule has 6 nitrogen and oxygen atoms in total. The van der Waals surface area contributed by atoms with Crippen molar-refractivity contribution in [3.05, 3.63) is 64.0 Å². The summed E-state index contributed by atoms with van der Waals surface area (Å²) in [5.41, 5.74) is 1.91. The van der Waals surface area contributed by atoms with Gasteiger partial charge in [0.15, 0.2) is 11.6 Å². The summed E-state index contributed by atoms with van der Waals surface area (Å²) in [7, 11) is 1.75. The first-order chi connectivity index (χ1) is 13.1. The van der Waals surface area contributed by atoms with Gasteiger partial charge in [-0.15, -0.1) is 34.2 Å². The van der Waals surface area contributed by atoms with Crippen molar-refractivity contribution in [2.24, 2.45) is 4.99 Å². The number of aromatic nitrogens is 3. The summed E-state index contributed by atoms with van der Waals surface area (Å²) in [5.74, 6) is 1.69. The summed E-state index contributed by atoms with van der Waals surface area (Å²) < 4.78 is 2.01. The van der Waals surface area contributed by atoms with Gasteiger partial charge in [-0.25, -0.2) is 0 Å². The highest BCUT2D eigenvalue weighted by Gasteiger charge is 2.10. The van der Waals surface area contributed by atoms with Gasteiger partial charge in [-0.05, 0) is 43.2 Å². The van der Waals surface area contributed by atoms with Crippen LogP contribution in [0.2, 0.25) is 10.0 Å². The molecular weight excluding hydrogens is 510 g/mol. The van der Waals surface area contributed by atoms with Gasteiger partial charge in [0, 0.05) is 26.2 Å². The number of aryl methyl sites for hydroxylation is 1. The van der Waals surface area contributed by atoms with E-state index in [1.807, 2.05) is 40.9 Å². The minimum Gasteiger partial charge on any atom is -0.356 e. The predicted octanol–water partition coefficient (Wildman–Crippen LogP) is 4.51. The topological polar surface area (TPSA) is 66.6 Å². The van der Waals surface area contributed by atoms with Crippen molar-refractivity contribution in [1.82, 2.24) is 25.2 Å². The number of rotatable bonds is 6. The first-order valence-corrected chi connectivity index (χ1v) is 9.55. The number of guanidine groups is 1. The maximum Gasteiger partial charge on any atom is 0.191 e. The molecule has 3 aromatic rings. The molecule has 0 saturated heterocycles. The Bertz CT molecular complexity index is 943. The fourth-order valence-corrected chi connectivity index (χ4v) is 3.09. The number of halogens is 3. The third-order valence-electron chi connectivity index (χ3n) is 4.27. The normalized spacial score (nSPS) is 12.5. The zero-order valence-corrected chi connectivity index (χ0v) is 19.5. The standard InChI is InChI=1S/C19H22Cl2N6.HI/c1-13(14-8-9-15(20)16(21)12-14)24-19(22-2)23-10-5-7-18-26-25-17-6-3-4-11-27(17)18;/h3-4,6,8-9,11-13H,5,7,10H2,1-2H3,(H2,22,23,24);1H. The number of pyridine rings is 1. The second-order valence-electron chi connectivity index (χ2n) is 6.19. The molecule has 9 heteroatoms. The Hall–Kier alpha value is -1.58. The number of aliphatic imine (C=N–C) groups is 1. The zero-order chi connectivity index (χ0) is 19.2. The van der Waals surface area contributed by atoms with Crippen LogP contribution >= 0.6 is 47.2 Å². The minimum absolute atomic E-state index is 0. The molecule has 1 unspecified atom stereocenters. The molecule has 0 aliphatic rings. The Morgan fingerprint density at radius 1 is 1.18 bits per heavy atom. The van der Waals surface area contributed by atoms with Crippen LogP contribution in [0.25, 0.3) is 5.65 Å². The number of hydrogen-bond donors (Lipinski definition) is 2. The molecule has 2 aromatic heterocycles. The van der Waals surface area contributed by atoms with Crippen LogP contribution in [0.5, 0.6) is 0 Å². The van der Waals surface area contributed by atoms with Crippen LogP contribution in [0.1, 0.15) is 30.8 Å². The van der Waals surface area contributed by atoms with Gasteiger partial charge in [0.2, 0.25) is 0 Å². The molecular formula is C19H23Cl2IN6. The molecule has 2 heterocycles. The van der Waals surface area contributed by atoms with E-state index >= 15 is 0 Å². The Morgan fingerprint density at radius 2 is 2.00 bits per heavy atom. The molecule has 0 amide bonds. The summed E-state index contributed by atoms with van der Waals surface area (Å²) in [6, 6.07) is 11.6. The second kappa shape index (κ2) is 10.8. The fourth-order valence-electron chi connectivity index (χ4n) is 2.78. The summed E-state index contributed by atoms with van der Waals surface area (Å²) in [5, 5.41) is 16.2. The van der Waals surface area contributed by atoms with Crippen molar-refractivity contribution < 1.29 is 0 Å². The van der Waals surface area contributed by atoms with E-state index in [0.29, 0.717) is 10.0 Å². The van der Waals surface area contributed by atoms with Crippen LogP contribution < -0.4 is 10.6 Å². The van der Waals surface area contributed by atoms with Gasteiger partial charge in [-0.1, -0.05) is 35.3 Å². The SMILES string of the molecule is CN=C(NCCCc1nnc2ccccn12)NC(C)c1ccc(Cl)c(Cl)c1.I. The van der Waals surface area contributed by atoms with Gasteiger partial charge < -0.3 is 10.6 Å². The first kappa shape index (κ1) is 22.7. The van der Waals surface area contributed by atoms with Crippen LogP contribution in [-0.2, 0) is 6.42 Å². The molecule has 1 atom stereocenters. The van der Waals surface area contributed by atoms with E-state index in [1.54, 1.807) is 13.1 Å². The predicted molar refractivity (Wildman–Crippen MR) is 126 cm³/mol. The lowest BCUT2D eigenvalue weighted by Crippen LogP contribution is -2.39. The van der Waals surface area contributed by atoms with E-state index < -0.39 is 0 Å². The van der Waals surface area contributed by atoms with E-state index in [-0.39, 0.29) is 30.0 Å².